The lowest BCUT2D eigenvalue weighted by molar-refractivity contribution is -0.150. The summed E-state index contributed by atoms with van der Waals surface area (Å²) in [7, 11) is 0. The smallest absolute Gasteiger partial charge is 0.310 e. The van der Waals surface area contributed by atoms with Crippen LogP contribution in [-0.2, 0) is 16.1 Å². The average Bonchev–Trinajstić information content (AvgIpc) is 2.39. The second-order valence-corrected chi connectivity index (χ2v) is 5.17. The van der Waals surface area contributed by atoms with E-state index in [1.54, 1.807) is 6.07 Å². The van der Waals surface area contributed by atoms with Crippen molar-refractivity contribution in [2.45, 2.75) is 26.3 Å². The fraction of sp³-hybridized carbons (Fsp3) is 0.571. The van der Waals surface area contributed by atoms with E-state index in [0.717, 1.165) is 38.2 Å². The number of piperidine rings is 1. The number of ether oxygens (including phenoxy) is 1. The predicted octanol–water partition coefficient (Wildman–Crippen LogP) is 2.51. The van der Waals surface area contributed by atoms with E-state index in [0.29, 0.717) is 11.8 Å². The number of hydrogen-bond acceptors (Lipinski definition) is 4. The van der Waals surface area contributed by atoms with Gasteiger partial charge in [-0.15, -0.1) is 0 Å². The van der Waals surface area contributed by atoms with Gasteiger partial charge in [0.1, 0.15) is 5.15 Å². The van der Waals surface area contributed by atoms with Crippen molar-refractivity contribution in [1.82, 2.24) is 9.88 Å². The van der Waals surface area contributed by atoms with Crippen molar-refractivity contribution in [2.75, 3.05) is 19.7 Å². The fourth-order valence-electron chi connectivity index (χ4n) is 2.42. The third-order valence-corrected chi connectivity index (χ3v) is 3.49. The summed E-state index contributed by atoms with van der Waals surface area (Å²) in [6.45, 7) is 4.76. The third kappa shape index (κ3) is 4.18. The SMILES string of the molecule is CCOC(=O)[C@@H]1CCCN(Cc2cccc(Cl)n2)C1. The number of rotatable bonds is 4. The summed E-state index contributed by atoms with van der Waals surface area (Å²) in [6.07, 6.45) is 1.93. The second kappa shape index (κ2) is 6.87. The third-order valence-electron chi connectivity index (χ3n) is 3.28. The number of carbonyl (C=O) groups is 1. The first-order valence-corrected chi connectivity index (χ1v) is 7.07. The minimum absolute atomic E-state index is 0.00659. The van der Waals surface area contributed by atoms with Gasteiger partial charge in [0.05, 0.1) is 18.2 Å². The summed E-state index contributed by atoms with van der Waals surface area (Å²) in [4.78, 5) is 18.3. The van der Waals surface area contributed by atoms with E-state index in [9.17, 15) is 4.79 Å². The Labute approximate surface area is 118 Å². The molecule has 0 aromatic carbocycles. The minimum Gasteiger partial charge on any atom is -0.466 e. The molecule has 19 heavy (non-hydrogen) atoms. The van der Waals surface area contributed by atoms with Crippen molar-refractivity contribution < 1.29 is 9.53 Å². The van der Waals surface area contributed by atoms with Crippen LogP contribution >= 0.6 is 11.6 Å². The summed E-state index contributed by atoms with van der Waals surface area (Å²) in [5.74, 6) is -0.0841. The molecular formula is C14H19ClN2O2. The lowest BCUT2D eigenvalue weighted by Gasteiger charge is -2.31. The number of likely N-dealkylation sites (tertiary alicyclic amines) is 1. The molecule has 1 atom stereocenters. The monoisotopic (exact) mass is 282 g/mol. The molecule has 0 bridgehead atoms. The van der Waals surface area contributed by atoms with Gasteiger partial charge in [-0.25, -0.2) is 4.98 Å². The van der Waals surface area contributed by atoms with Crippen molar-refractivity contribution in [1.29, 1.82) is 0 Å². The Kier molecular flexibility index (Phi) is 5.16. The van der Waals surface area contributed by atoms with Crippen LogP contribution in [0.4, 0.5) is 0 Å². The number of aromatic nitrogens is 1. The van der Waals surface area contributed by atoms with Crippen molar-refractivity contribution in [3.8, 4) is 0 Å². The lowest BCUT2D eigenvalue weighted by atomic mass is 9.98. The van der Waals surface area contributed by atoms with Crippen LogP contribution < -0.4 is 0 Å². The van der Waals surface area contributed by atoms with Crippen LogP contribution in [0.25, 0.3) is 0 Å². The number of hydrogen-bond donors (Lipinski definition) is 0. The Morgan fingerprint density at radius 2 is 2.42 bits per heavy atom. The van der Waals surface area contributed by atoms with Gasteiger partial charge in [-0.1, -0.05) is 17.7 Å². The zero-order valence-electron chi connectivity index (χ0n) is 11.1. The molecule has 5 heteroatoms. The summed E-state index contributed by atoms with van der Waals surface area (Å²) in [5.41, 5.74) is 0.942. The van der Waals surface area contributed by atoms with Gasteiger partial charge >= 0.3 is 5.97 Å². The molecule has 0 radical (unpaired) electrons. The van der Waals surface area contributed by atoms with Crippen LogP contribution in [0.5, 0.6) is 0 Å². The molecule has 0 N–H and O–H groups in total. The Morgan fingerprint density at radius 1 is 1.58 bits per heavy atom. The van der Waals surface area contributed by atoms with E-state index >= 15 is 0 Å². The molecule has 1 aliphatic rings. The highest BCUT2D eigenvalue weighted by atomic mass is 35.5. The van der Waals surface area contributed by atoms with Gasteiger partial charge in [0.2, 0.25) is 0 Å². The maximum absolute atomic E-state index is 11.8. The topological polar surface area (TPSA) is 42.4 Å². The quantitative estimate of drug-likeness (QED) is 0.629. The van der Waals surface area contributed by atoms with Crippen LogP contribution in [0.15, 0.2) is 18.2 Å². The van der Waals surface area contributed by atoms with Crippen LogP contribution in [0, 0.1) is 5.92 Å². The Hall–Kier alpha value is -1.13. The zero-order chi connectivity index (χ0) is 13.7. The number of carbonyl (C=O) groups excluding carboxylic acids is 1. The van der Waals surface area contributed by atoms with Crippen molar-refractivity contribution >= 4 is 17.6 Å². The van der Waals surface area contributed by atoms with Crippen LogP contribution in [-0.4, -0.2) is 35.5 Å². The van der Waals surface area contributed by atoms with Gasteiger partial charge < -0.3 is 4.74 Å². The molecule has 1 fully saturated rings. The Balaban J connectivity index is 1.92. The van der Waals surface area contributed by atoms with E-state index in [2.05, 4.69) is 9.88 Å². The Morgan fingerprint density at radius 3 is 3.16 bits per heavy atom. The number of halogens is 1. The molecule has 1 aromatic rings. The summed E-state index contributed by atoms with van der Waals surface area (Å²) >= 11 is 5.88. The largest absolute Gasteiger partial charge is 0.466 e. The first-order valence-electron chi connectivity index (χ1n) is 6.69. The molecule has 1 saturated heterocycles. The molecule has 0 saturated carbocycles. The molecular weight excluding hydrogens is 264 g/mol. The highest BCUT2D eigenvalue weighted by molar-refractivity contribution is 6.29. The van der Waals surface area contributed by atoms with E-state index < -0.39 is 0 Å². The van der Waals surface area contributed by atoms with Crippen LogP contribution in [0.2, 0.25) is 5.15 Å². The molecule has 1 aliphatic heterocycles. The molecule has 0 aliphatic carbocycles. The standard InChI is InChI=1S/C14H19ClN2O2/c1-2-19-14(18)11-5-4-8-17(9-11)10-12-6-3-7-13(15)16-12/h3,6-7,11H,2,4-5,8-10H2,1H3/t11-/m1/s1. The molecule has 4 nitrogen and oxygen atoms in total. The molecule has 0 spiro atoms. The zero-order valence-corrected chi connectivity index (χ0v) is 11.9. The van der Waals surface area contributed by atoms with Gasteiger partial charge in [0, 0.05) is 13.1 Å². The average molecular weight is 283 g/mol. The molecule has 0 amide bonds. The maximum atomic E-state index is 11.8. The first-order chi connectivity index (χ1) is 9.19. The number of pyridine rings is 1. The van der Waals surface area contributed by atoms with Gasteiger partial charge in [-0.2, -0.15) is 0 Å². The molecule has 0 unspecified atom stereocenters. The normalized spacial score (nSPS) is 20.2. The van der Waals surface area contributed by atoms with Crippen LogP contribution in [0.1, 0.15) is 25.5 Å². The second-order valence-electron chi connectivity index (χ2n) is 4.78. The van der Waals surface area contributed by atoms with E-state index in [1.807, 2.05) is 19.1 Å². The fourth-order valence-corrected chi connectivity index (χ4v) is 2.60. The maximum Gasteiger partial charge on any atom is 0.310 e. The van der Waals surface area contributed by atoms with E-state index in [1.165, 1.54) is 0 Å². The van der Waals surface area contributed by atoms with Gasteiger partial charge in [-0.3, -0.25) is 9.69 Å². The minimum atomic E-state index is -0.0775. The predicted molar refractivity (Wildman–Crippen MR) is 73.9 cm³/mol. The summed E-state index contributed by atoms with van der Waals surface area (Å²) in [5, 5.41) is 0.511. The summed E-state index contributed by atoms with van der Waals surface area (Å²) in [6, 6.07) is 5.62. The van der Waals surface area contributed by atoms with E-state index in [4.69, 9.17) is 16.3 Å². The summed E-state index contributed by atoms with van der Waals surface area (Å²) < 4.78 is 5.10. The van der Waals surface area contributed by atoms with Crippen LogP contribution in [0.3, 0.4) is 0 Å². The molecule has 104 valence electrons. The van der Waals surface area contributed by atoms with Gasteiger partial charge in [0.25, 0.3) is 0 Å². The van der Waals surface area contributed by atoms with Crippen molar-refractivity contribution in [3.05, 3.63) is 29.0 Å². The molecule has 2 heterocycles. The number of nitrogens with zero attached hydrogens (tertiary/aromatic N) is 2. The van der Waals surface area contributed by atoms with Crippen molar-refractivity contribution in [2.24, 2.45) is 5.92 Å². The highest BCUT2D eigenvalue weighted by Gasteiger charge is 2.26. The highest BCUT2D eigenvalue weighted by Crippen LogP contribution is 2.19. The number of esters is 1. The Bertz CT molecular complexity index is 439. The lowest BCUT2D eigenvalue weighted by Crippen LogP contribution is -2.39. The van der Waals surface area contributed by atoms with Gasteiger partial charge in [0.15, 0.2) is 0 Å². The van der Waals surface area contributed by atoms with Crippen molar-refractivity contribution in [3.63, 3.8) is 0 Å². The van der Waals surface area contributed by atoms with Gasteiger partial charge in [-0.05, 0) is 38.4 Å². The molecule has 1 aromatic heterocycles. The first kappa shape index (κ1) is 14.3. The molecule has 2 rings (SSSR count). The van der Waals surface area contributed by atoms with E-state index in [-0.39, 0.29) is 11.9 Å².